The zero-order valence-corrected chi connectivity index (χ0v) is 12.4. The summed E-state index contributed by atoms with van der Waals surface area (Å²) in [5.41, 5.74) is 2.60. The Morgan fingerprint density at radius 1 is 1.15 bits per heavy atom. The molecule has 1 aromatic carbocycles. The molecule has 20 heavy (non-hydrogen) atoms. The van der Waals surface area contributed by atoms with E-state index in [4.69, 9.17) is 9.47 Å². The molecule has 1 spiro atoms. The van der Waals surface area contributed by atoms with Gasteiger partial charge in [0.25, 0.3) is 0 Å². The Bertz CT molecular complexity index is 484. The summed E-state index contributed by atoms with van der Waals surface area (Å²) in [6.45, 7) is 3.64. The van der Waals surface area contributed by atoms with Gasteiger partial charge in [0.2, 0.25) is 0 Å². The second kappa shape index (κ2) is 6.01. The summed E-state index contributed by atoms with van der Waals surface area (Å²) in [5, 5.41) is 0. The van der Waals surface area contributed by atoms with Crippen LogP contribution < -0.4 is 4.74 Å². The van der Waals surface area contributed by atoms with Crippen LogP contribution in [-0.2, 0) is 4.74 Å². The van der Waals surface area contributed by atoms with Crippen LogP contribution in [0.1, 0.15) is 51.0 Å². The Labute approximate surface area is 121 Å². The van der Waals surface area contributed by atoms with Crippen molar-refractivity contribution in [3.05, 3.63) is 35.4 Å². The fourth-order valence-corrected chi connectivity index (χ4v) is 3.46. The van der Waals surface area contributed by atoms with Gasteiger partial charge in [-0.15, -0.1) is 0 Å². The van der Waals surface area contributed by atoms with Crippen molar-refractivity contribution in [2.75, 3.05) is 13.2 Å². The first-order valence-corrected chi connectivity index (χ1v) is 7.91. The fourth-order valence-electron chi connectivity index (χ4n) is 3.46. The molecule has 0 atom stereocenters. The third-order valence-electron chi connectivity index (χ3n) is 4.52. The van der Waals surface area contributed by atoms with Crippen LogP contribution in [0.15, 0.2) is 29.8 Å². The van der Waals surface area contributed by atoms with Crippen LogP contribution >= 0.6 is 0 Å². The topological polar surface area (TPSA) is 18.5 Å². The van der Waals surface area contributed by atoms with Gasteiger partial charge < -0.3 is 9.47 Å². The van der Waals surface area contributed by atoms with Crippen molar-refractivity contribution in [1.29, 1.82) is 0 Å². The number of benzene rings is 1. The highest BCUT2D eigenvalue weighted by Crippen LogP contribution is 2.45. The summed E-state index contributed by atoms with van der Waals surface area (Å²) in [6.07, 6.45) is 9.53. The molecule has 1 aliphatic carbocycles. The maximum Gasteiger partial charge on any atom is 0.130 e. The first kappa shape index (κ1) is 13.7. The maximum atomic E-state index is 6.48. The van der Waals surface area contributed by atoms with Gasteiger partial charge in [-0.1, -0.05) is 24.6 Å². The van der Waals surface area contributed by atoms with Crippen molar-refractivity contribution >= 4 is 6.08 Å². The van der Waals surface area contributed by atoms with E-state index in [1.807, 2.05) is 0 Å². The third kappa shape index (κ3) is 2.62. The van der Waals surface area contributed by atoms with Crippen LogP contribution in [0.25, 0.3) is 6.08 Å². The van der Waals surface area contributed by atoms with Gasteiger partial charge in [-0.05, 0) is 56.7 Å². The lowest BCUT2D eigenvalue weighted by molar-refractivity contribution is 0.0536. The van der Waals surface area contributed by atoms with E-state index < -0.39 is 0 Å². The van der Waals surface area contributed by atoms with Crippen LogP contribution in [0.3, 0.4) is 0 Å². The van der Waals surface area contributed by atoms with Crippen LogP contribution in [-0.4, -0.2) is 18.8 Å². The smallest absolute Gasteiger partial charge is 0.130 e. The fraction of sp³-hybridized carbons (Fsp3) is 0.556. The average Bonchev–Trinajstić information content (AvgIpc) is 2.49. The van der Waals surface area contributed by atoms with E-state index >= 15 is 0 Å². The molecule has 2 heteroatoms. The molecule has 108 valence electrons. The van der Waals surface area contributed by atoms with E-state index in [9.17, 15) is 0 Å². The highest BCUT2D eigenvalue weighted by Gasteiger charge is 2.40. The molecule has 0 radical (unpaired) electrons. The van der Waals surface area contributed by atoms with Crippen LogP contribution in [0.4, 0.5) is 0 Å². The number of fused-ring (bicyclic) bond motifs is 1. The number of hydrogen-bond donors (Lipinski definition) is 0. The van der Waals surface area contributed by atoms with Crippen molar-refractivity contribution in [1.82, 2.24) is 0 Å². The second-order valence-corrected chi connectivity index (χ2v) is 5.81. The van der Waals surface area contributed by atoms with Gasteiger partial charge in [-0.2, -0.15) is 0 Å². The van der Waals surface area contributed by atoms with Gasteiger partial charge in [0.05, 0.1) is 6.61 Å². The monoisotopic (exact) mass is 272 g/mol. The zero-order valence-electron chi connectivity index (χ0n) is 12.4. The van der Waals surface area contributed by atoms with E-state index in [0.29, 0.717) is 0 Å². The summed E-state index contributed by atoms with van der Waals surface area (Å²) in [4.78, 5) is 0. The normalized spacial score (nSPS) is 20.1. The summed E-state index contributed by atoms with van der Waals surface area (Å²) in [7, 11) is 0. The first-order valence-electron chi connectivity index (χ1n) is 7.91. The largest absolute Gasteiger partial charge is 0.482 e. The van der Waals surface area contributed by atoms with Gasteiger partial charge in [0.1, 0.15) is 11.4 Å². The highest BCUT2D eigenvalue weighted by molar-refractivity contribution is 5.64. The summed E-state index contributed by atoms with van der Waals surface area (Å²) in [5.74, 6) is 1.05. The molecule has 1 fully saturated rings. The Balaban J connectivity index is 1.89. The number of hydrogen-bond acceptors (Lipinski definition) is 2. The standard InChI is InChI=1S/C18H24O2/c1-2-19-13-10-16-14-15-8-4-5-9-17(15)20-18(16)11-6-3-7-12-18/h4-5,8-9,14H,2-3,6-7,10-13H2,1H3. The molecule has 0 saturated heterocycles. The quantitative estimate of drug-likeness (QED) is 0.746. The molecule has 1 aromatic rings. The molecule has 0 aromatic heterocycles. The predicted molar refractivity (Wildman–Crippen MR) is 82.0 cm³/mol. The van der Waals surface area contributed by atoms with Crippen molar-refractivity contribution < 1.29 is 9.47 Å². The van der Waals surface area contributed by atoms with Crippen molar-refractivity contribution in [3.63, 3.8) is 0 Å². The van der Waals surface area contributed by atoms with Gasteiger partial charge in [0.15, 0.2) is 0 Å². The van der Waals surface area contributed by atoms with Gasteiger partial charge >= 0.3 is 0 Å². The predicted octanol–water partition coefficient (Wildman–Crippen LogP) is 4.59. The van der Waals surface area contributed by atoms with Crippen LogP contribution in [0.5, 0.6) is 5.75 Å². The molecule has 1 aliphatic heterocycles. The Morgan fingerprint density at radius 3 is 2.75 bits per heavy atom. The lowest BCUT2D eigenvalue weighted by atomic mass is 9.76. The number of rotatable bonds is 4. The van der Waals surface area contributed by atoms with Gasteiger partial charge in [-0.25, -0.2) is 0 Å². The van der Waals surface area contributed by atoms with E-state index in [0.717, 1.165) is 38.2 Å². The Hall–Kier alpha value is -1.28. The summed E-state index contributed by atoms with van der Waals surface area (Å²) < 4.78 is 12.0. The number of ether oxygens (including phenoxy) is 2. The minimum absolute atomic E-state index is 0.0519. The second-order valence-electron chi connectivity index (χ2n) is 5.81. The third-order valence-corrected chi connectivity index (χ3v) is 4.52. The first-order chi connectivity index (χ1) is 9.84. The SMILES string of the molecule is CCOCCC1=Cc2ccccc2OC12CCCCC2. The molecule has 0 bridgehead atoms. The van der Waals surface area contributed by atoms with Crippen molar-refractivity contribution in [2.45, 2.75) is 51.0 Å². The van der Waals surface area contributed by atoms with E-state index in [1.165, 1.54) is 30.4 Å². The van der Waals surface area contributed by atoms with E-state index in [-0.39, 0.29) is 5.60 Å². The lowest BCUT2D eigenvalue weighted by Crippen LogP contribution is -2.42. The summed E-state index contributed by atoms with van der Waals surface area (Å²) >= 11 is 0. The molecule has 0 amide bonds. The molecule has 0 unspecified atom stereocenters. The molecule has 1 heterocycles. The Kier molecular flexibility index (Phi) is 4.11. The minimum Gasteiger partial charge on any atom is -0.482 e. The van der Waals surface area contributed by atoms with Crippen molar-refractivity contribution in [3.8, 4) is 5.75 Å². The molecular formula is C18H24O2. The molecule has 2 nitrogen and oxygen atoms in total. The minimum atomic E-state index is -0.0519. The molecule has 0 N–H and O–H groups in total. The van der Waals surface area contributed by atoms with Gasteiger partial charge in [0, 0.05) is 12.2 Å². The number of para-hydroxylation sites is 1. The van der Waals surface area contributed by atoms with Crippen LogP contribution in [0, 0.1) is 0 Å². The molecule has 2 aliphatic rings. The molecular weight excluding hydrogens is 248 g/mol. The lowest BCUT2D eigenvalue weighted by Gasteiger charge is -2.42. The van der Waals surface area contributed by atoms with E-state index in [1.54, 1.807) is 0 Å². The molecule has 3 rings (SSSR count). The van der Waals surface area contributed by atoms with Gasteiger partial charge in [-0.3, -0.25) is 0 Å². The Morgan fingerprint density at radius 2 is 1.95 bits per heavy atom. The van der Waals surface area contributed by atoms with Crippen molar-refractivity contribution in [2.24, 2.45) is 0 Å². The summed E-state index contributed by atoms with van der Waals surface area (Å²) in [6, 6.07) is 8.39. The van der Waals surface area contributed by atoms with E-state index in [2.05, 4.69) is 37.3 Å². The zero-order chi connectivity index (χ0) is 13.8. The maximum absolute atomic E-state index is 6.48. The van der Waals surface area contributed by atoms with Crippen LogP contribution in [0.2, 0.25) is 0 Å². The highest BCUT2D eigenvalue weighted by atomic mass is 16.5. The average molecular weight is 272 g/mol. The molecule has 1 saturated carbocycles.